The van der Waals surface area contributed by atoms with Gasteiger partial charge in [0, 0.05) is 38.9 Å². The van der Waals surface area contributed by atoms with Crippen molar-refractivity contribution in [2.75, 3.05) is 26.3 Å². The summed E-state index contributed by atoms with van der Waals surface area (Å²) >= 11 is 1.38. The number of ether oxygens (including phenoxy) is 2. The second-order valence-electron chi connectivity index (χ2n) is 10.5. The number of amidine groups is 1. The van der Waals surface area contributed by atoms with Crippen molar-refractivity contribution in [2.45, 2.75) is 31.2 Å². The number of nitrogens with zero attached hydrogens (tertiary/aromatic N) is 1. The monoisotopic (exact) mass is 587 g/mol. The van der Waals surface area contributed by atoms with E-state index in [0.29, 0.717) is 41.0 Å². The highest BCUT2D eigenvalue weighted by atomic mass is 32.1. The number of nitrogens with two attached hydrogens (primary N) is 1. The number of carbonyl (C=O) groups is 4. The summed E-state index contributed by atoms with van der Waals surface area (Å²) in [6.45, 7) is 2.25. The van der Waals surface area contributed by atoms with Gasteiger partial charge in [-0.25, -0.2) is 0 Å². The van der Waals surface area contributed by atoms with Gasteiger partial charge >= 0.3 is 0 Å². The Morgan fingerprint density at radius 2 is 1.79 bits per heavy atom. The van der Waals surface area contributed by atoms with Gasteiger partial charge in [-0.05, 0) is 42.3 Å². The van der Waals surface area contributed by atoms with Gasteiger partial charge in [-0.2, -0.15) is 0 Å². The van der Waals surface area contributed by atoms with Crippen LogP contribution in [0.2, 0.25) is 0 Å². The van der Waals surface area contributed by atoms with Gasteiger partial charge in [0.1, 0.15) is 11.9 Å². The lowest BCUT2D eigenvalue weighted by Crippen LogP contribution is -2.49. The number of hydrogen-bond acceptors (Lipinski definition) is 8. The first-order valence-electron chi connectivity index (χ1n) is 13.5. The van der Waals surface area contributed by atoms with Crippen molar-refractivity contribution in [3.63, 3.8) is 0 Å². The van der Waals surface area contributed by atoms with Gasteiger partial charge in [-0.15, -0.1) is 11.3 Å². The van der Waals surface area contributed by atoms with Crippen LogP contribution in [0.5, 0.6) is 0 Å². The predicted octanol–water partition coefficient (Wildman–Crippen LogP) is 2.19. The molecule has 1 aromatic heterocycles. The molecule has 2 aromatic carbocycles. The fraction of sp³-hybridized carbons (Fsp3) is 0.300. The lowest BCUT2D eigenvalue weighted by Gasteiger charge is -2.25. The number of benzene rings is 2. The number of fused-ring (bicyclic) bond motifs is 3. The highest BCUT2D eigenvalue weighted by molar-refractivity contribution is 7.10. The van der Waals surface area contributed by atoms with Crippen molar-refractivity contribution < 1.29 is 28.7 Å². The summed E-state index contributed by atoms with van der Waals surface area (Å²) in [5, 5.41) is 15.0. The molecule has 3 heterocycles. The number of nitrogens with one attached hydrogen (secondary N) is 3. The van der Waals surface area contributed by atoms with E-state index in [1.54, 1.807) is 41.8 Å². The number of ketones is 1. The Morgan fingerprint density at radius 3 is 2.50 bits per heavy atom. The fourth-order valence-corrected chi connectivity index (χ4v) is 6.59. The Bertz CT molecular complexity index is 1630. The Hall–Kier alpha value is -4.39. The van der Waals surface area contributed by atoms with E-state index >= 15 is 0 Å². The summed E-state index contributed by atoms with van der Waals surface area (Å²) in [5.74, 6) is -2.52. The van der Waals surface area contributed by atoms with E-state index in [4.69, 9.17) is 20.6 Å². The van der Waals surface area contributed by atoms with Crippen LogP contribution < -0.4 is 16.4 Å². The molecule has 2 fully saturated rings. The van der Waals surface area contributed by atoms with Crippen molar-refractivity contribution in [1.82, 2.24) is 15.5 Å². The Kier molecular flexibility index (Phi) is 7.13. The van der Waals surface area contributed by atoms with Gasteiger partial charge in [0.2, 0.25) is 11.8 Å². The standard InChI is InChI=1S/C30H29N5O6S/c1-16(24-11-18(14-42-24)27(31)32)34-29(39)23-12-30(40-8-9-41-30)15-35(23)25(36)13-33-28(38)17-6-7-21-22(10-17)19-4-2-3-5-20(19)26(21)37/h2-7,10-11,14,16,23H,8-9,12-13,15H2,1H3,(H3,31,32)(H,33,38)(H,34,39)/t16-,23+/m1/s1. The highest BCUT2D eigenvalue weighted by Crippen LogP contribution is 2.37. The molecule has 0 unspecified atom stereocenters. The molecule has 2 atom stereocenters. The molecule has 3 aliphatic rings. The van der Waals surface area contributed by atoms with Crippen LogP contribution in [0, 0.1) is 5.41 Å². The van der Waals surface area contributed by atoms with Crippen LogP contribution in [0.15, 0.2) is 53.9 Å². The van der Waals surface area contributed by atoms with Crippen molar-refractivity contribution in [3.8, 4) is 11.1 Å². The predicted molar refractivity (Wildman–Crippen MR) is 154 cm³/mol. The van der Waals surface area contributed by atoms with Crippen LogP contribution in [0.25, 0.3) is 11.1 Å². The van der Waals surface area contributed by atoms with Gasteiger partial charge < -0.3 is 30.7 Å². The number of hydrogen-bond donors (Lipinski definition) is 4. The third-order valence-electron chi connectivity index (χ3n) is 7.83. The number of carbonyl (C=O) groups excluding carboxylic acids is 4. The second kappa shape index (κ2) is 10.8. The Labute approximate surface area is 245 Å². The summed E-state index contributed by atoms with van der Waals surface area (Å²) in [7, 11) is 0. The largest absolute Gasteiger partial charge is 0.384 e. The number of likely N-dealkylation sites (tertiary alicyclic amines) is 1. The third-order valence-corrected chi connectivity index (χ3v) is 8.95. The molecule has 6 rings (SSSR count). The zero-order chi connectivity index (χ0) is 29.6. The van der Waals surface area contributed by atoms with Crippen LogP contribution in [-0.2, 0) is 19.1 Å². The minimum absolute atomic E-state index is 0.0543. The molecule has 0 bridgehead atoms. The van der Waals surface area contributed by atoms with E-state index in [1.165, 1.54) is 16.2 Å². The van der Waals surface area contributed by atoms with Crippen molar-refractivity contribution in [2.24, 2.45) is 5.73 Å². The molecule has 0 radical (unpaired) electrons. The molecule has 12 heteroatoms. The molecule has 2 saturated heterocycles. The van der Waals surface area contributed by atoms with E-state index < -0.39 is 23.6 Å². The zero-order valence-electron chi connectivity index (χ0n) is 22.8. The molecule has 5 N–H and O–H groups in total. The minimum Gasteiger partial charge on any atom is -0.384 e. The Morgan fingerprint density at radius 1 is 1.07 bits per heavy atom. The van der Waals surface area contributed by atoms with Crippen LogP contribution in [0.1, 0.15) is 56.1 Å². The molecular formula is C30H29N5O6S. The molecule has 0 saturated carbocycles. The smallest absolute Gasteiger partial charge is 0.251 e. The number of amides is 3. The molecule has 1 spiro atoms. The number of nitrogen functional groups attached to an aromatic ring is 1. The summed E-state index contributed by atoms with van der Waals surface area (Å²) in [6, 6.07) is 12.6. The van der Waals surface area contributed by atoms with E-state index in [1.807, 2.05) is 19.1 Å². The maximum absolute atomic E-state index is 13.4. The number of rotatable bonds is 7. The second-order valence-corrected chi connectivity index (χ2v) is 11.5. The van der Waals surface area contributed by atoms with E-state index in [-0.39, 0.29) is 43.1 Å². The molecule has 3 amide bonds. The first-order chi connectivity index (χ1) is 20.2. The van der Waals surface area contributed by atoms with Crippen LogP contribution in [0.4, 0.5) is 0 Å². The average molecular weight is 588 g/mol. The minimum atomic E-state index is -1.07. The van der Waals surface area contributed by atoms with Crippen LogP contribution >= 0.6 is 11.3 Å². The van der Waals surface area contributed by atoms with Crippen LogP contribution in [-0.4, -0.2) is 72.4 Å². The molecule has 216 valence electrons. The molecule has 3 aromatic rings. The van der Waals surface area contributed by atoms with E-state index in [9.17, 15) is 19.2 Å². The fourth-order valence-electron chi connectivity index (χ4n) is 5.67. The zero-order valence-corrected chi connectivity index (χ0v) is 23.6. The summed E-state index contributed by atoms with van der Waals surface area (Å²) in [4.78, 5) is 54.8. The van der Waals surface area contributed by atoms with Gasteiger partial charge in [0.05, 0.1) is 32.3 Å². The van der Waals surface area contributed by atoms with E-state index in [2.05, 4.69) is 10.6 Å². The molecule has 2 aliphatic heterocycles. The summed E-state index contributed by atoms with van der Waals surface area (Å²) in [6.07, 6.45) is 0.159. The van der Waals surface area contributed by atoms with Crippen molar-refractivity contribution >= 4 is 40.7 Å². The Balaban J connectivity index is 1.14. The highest BCUT2D eigenvalue weighted by Gasteiger charge is 2.52. The third kappa shape index (κ3) is 4.97. The van der Waals surface area contributed by atoms with Crippen molar-refractivity contribution in [3.05, 3.63) is 81.0 Å². The van der Waals surface area contributed by atoms with Crippen LogP contribution in [0.3, 0.4) is 0 Å². The normalized spacial score (nSPS) is 18.9. The quantitative estimate of drug-likeness (QED) is 0.190. The van der Waals surface area contributed by atoms with Gasteiger partial charge in [0.25, 0.3) is 5.91 Å². The SMILES string of the molecule is C[C@@H](NC(=O)[C@@H]1CC2(CN1C(=O)CNC(=O)c1ccc3c(c1)-c1ccccc1C3=O)OCCO2)c1cc(C(=N)N)cs1. The van der Waals surface area contributed by atoms with Gasteiger partial charge in [0.15, 0.2) is 11.6 Å². The first-order valence-corrected chi connectivity index (χ1v) is 14.4. The topological polar surface area (TPSA) is 164 Å². The molecular weight excluding hydrogens is 558 g/mol. The number of thiophene rings is 1. The molecule has 1 aliphatic carbocycles. The molecule has 11 nitrogen and oxygen atoms in total. The maximum atomic E-state index is 13.4. The average Bonchev–Trinajstić information content (AvgIpc) is 3.79. The summed E-state index contributed by atoms with van der Waals surface area (Å²) < 4.78 is 11.6. The van der Waals surface area contributed by atoms with Gasteiger partial charge in [-0.3, -0.25) is 24.6 Å². The van der Waals surface area contributed by atoms with E-state index in [0.717, 1.165) is 10.4 Å². The first kappa shape index (κ1) is 27.8. The van der Waals surface area contributed by atoms with Gasteiger partial charge in [-0.1, -0.05) is 24.3 Å². The lowest BCUT2D eigenvalue weighted by molar-refractivity contribution is -0.152. The lowest BCUT2D eigenvalue weighted by atomic mass is 10.0. The summed E-state index contributed by atoms with van der Waals surface area (Å²) in [5.41, 5.74) is 9.04. The maximum Gasteiger partial charge on any atom is 0.251 e. The van der Waals surface area contributed by atoms with Crippen molar-refractivity contribution in [1.29, 1.82) is 5.41 Å². The molecule has 42 heavy (non-hydrogen) atoms.